The van der Waals surface area contributed by atoms with Crippen molar-refractivity contribution in [2.75, 3.05) is 12.4 Å². The molecule has 3 rings (SSSR count). The van der Waals surface area contributed by atoms with Crippen LogP contribution < -0.4 is 10.6 Å². The molecular weight excluding hydrogens is 441 g/mol. The maximum atomic E-state index is 14.7. The van der Waals surface area contributed by atoms with Gasteiger partial charge in [-0.15, -0.1) is 0 Å². The van der Waals surface area contributed by atoms with Crippen LogP contribution >= 0.6 is 0 Å². The predicted octanol–water partition coefficient (Wildman–Crippen LogP) is 4.55. The Labute approximate surface area is 194 Å². The number of rotatable bonds is 8. The highest BCUT2D eigenvalue weighted by Crippen LogP contribution is 2.26. The molecular formula is C25H28FN3O3S. The number of nitrogens with one attached hydrogen (secondary N) is 2. The summed E-state index contributed by atoms with van der Waals surface area (Å²) in [6.45, 7) is 10.3. The summed E-state index contributed by atoms with van der Waals surface area (Å²) < 4.78 is 40.4. The van der Waals surface area contributed by atoms with Gasteiger partial charge in [0.15, 0.2) is 9.84 Å². The molecule has 2 aromatic rings. The van der Waals surface area contributed by atoms with E-state index in [9.17, 15) is 17.6 Å². The van der Waals surface area contributed by atoms with E-state index in [4.69, 9.17) is 0 Å². The van der Waals surface area contributed by atoms with E-state index in [1.54, 1.807) is 31.3 Å². The van der Waals surface area contributed by atoms with Crippen LogP contribution in [0, 0.1) is 5.82 Å². The first kappa shape index (κ1) is 24.4. The number of hydrogen-bond donors (Lipinski definition) is 2. The fraction of sp³-hybridized carbons (Fsp3) is 0.240. The van der Waals surface area contributed by atoms with Gasteiger partial charge in [0, 0.05) is 37.0 Å². The summed E-state index contributed by atoms with van der Waals surface area (Å²) in [5.41, 5.74) is 2.81. The number of fused-ring (bicyclic) bond motifs is 1. The number of nitrogens with zero attached hydrogens (tertiary/aromatic N) is 1. The van der Waals surface area contributed by atoms with E-state index in [0.29, 0.717) is 24.3 Å². The van der Waals surface area contributed by atoms with Crippen molar-refractivity contribution in [3.05, 3.63) is 95.9 Å². The molecule has 33 heavy (non-hydrogen) atoms. The molecule has 2 amide bonds. The Morgan fingerprint density at radius 2 is 1.91 bits per heavy atom. The summed E-state index contributed by atoms with van der Waals surface area (Å²) in [7, 11) is -2.11. The van der Waals surface area contributed by atoms with Crippen molar-refractivity contribution in [3.8, 4) is 0 Å². The third kappa shape index (κ3) is 5.40. The zero-order valence-electron chi connectivity index (χ0n) is 18.8. The predicted molar refractivity (Wildman–Crippen MR) is 129 cm³/mol. The summed E-state index contributed by atoms with van der Waals surface area (Å²) in [6.07, 6.45) is 5.07. The van der Waals surface area contributed by atoms with Gasteiger partial charge in [-0.05, 0) is 42.3 Å². The van der Waals surface area contributed by atoms with Crippen molar-refractivity contribution >= 4 is 21.6 Å². The second-order valence-corrected chi connectivity index (χ2v) is 9.88. The second-order valence-electron chi connectivity index (χ2n) is 7.89. The quantitative estimate of drug-likeness (QED) is 0.556. The molecule has 0 bridgehead atoms. The topological polar surface area (TPSA) is 78.5 Å². The molecule has 0 fully saturated rings. The Hall–Kier alpha value is -3.23. The summed E-state index contributed by atoms with van der Waals surface area (Å²) in [6, 6.07) is 8.55. The van der Waals surface area contributed by atoms with Gasteiger partial charge in [0.25, 0.3) is 0 Å². The number of halogens is 1. The molecule has 1 aliphatic rings. The third-order valence-electron chi connectivity index (χ3n) is 5.78. The molecule has 2 N–H and O–H groups in total. The van der Waals surface area contributed by atoms with E-state index in [2.05, 4.69) is 23.8 Å². The first-order valence-corrected chi connectivity index (χ1v) is 12.1. The number of likely N-dealkylation sites (N-methyl/N-ethyl adjacent to an activating group) is 1. The molecule has 0 saturated heterocycles. The first-order valence-electron chi connectivity index (χ1n) is 10.5. The highest BCUT2D eigenvalue weighted by molar-refractivity contribution is 7.90. The number of urea groups is 1. The van der Waals surface area contributed by atoms with Gasteiger partial charge in [0.2, 0.25) is 0 Å². The Bertz CT molecular complexity index is 1200. The maximum Gasteiger partial charge on any atom is 0.322 e. The van der Waals surface area contributed by atoms with E-state index in [1.807, 2.05) is 6.92 Å². The van der Waals surface area contributed by atoms with Crippen LogP contribution in [0.2, 0.25) is 0 Å². The number of anilines is 1. The Kier molecular flexibility index (Phi) is 7.50. The zero-order chi connectivity index (χ0) is 24.2. The minimum absolute atomic E-state index is 0.0584. The van der Waals surface area contributed by atoms with Crippen LogP contribution in [0.15, 0.2) is 78.3 Å². The number of hydrogen-bond acceptors (Lipinski definition) is 4. The van der Waals surface area contributed by atoms with Gasteiger partial charge in [-0.2, -0.15) is 0 Å². The number of carbonyl (C=O) groups is 1. The lowest BCUT2D eigenvalue weighted by Crippen LogP contribution is -2.39. The molecule has 174 valence electrons. The second kappa shape index (κ2) is 10.1. The highest BCUT2D eigenvalue weighted by atomic mass is 32.2. The number of sulfone groups is 1. The number of carbonyl (C=O) groups excluding carboxylic acids is 1. The normalized spacial score (nSPS) is 14.3. The van der Waals surface area contributed by atoms with Crippen LogP contribution in [0.1, 0.15) is 23.6 Å². The molecule has 0 saturated carbocycles. The van der Waals surface area contributed by atoms with Crippen LogP contribution in [0.5, 0.6) is 0 Å². The summed E-state index contributed by atoms with van der Waals surface area (Å²) >= 11 is 0. The van der Waals surface area contributed by atoms with Gasteiger partial charge < -0.3 is 15.5 Å². The van der Waals surface area contributed by atoms with Gasteiger partial charge in [-0.3, -0.25) is 0 Å². The maximum absolute atomic E-state index is 14.7. The molecule has 1 heterocycles. The summed E-state index contributed by atoms with van der Waals surface area (Å²) in [5.74, 6) is -0.899. The molecule has 0 aromatic heterocycles. The van der Waals surface area contributed by atoms with Gasteiger partial charge >= 0.3 is 6.03 Å². The molecule has 0 aliphatic carbocycles. The fourth-order valence-electron chi connectivity index (χ4n) is 3.66. The van der Waals surface area contributed by atoms with Crippen LogP contribution in [-0.2, 0) is 28.7 Å². The van der Waals surface area contributed by atoms with Crippen molar-refractivity contribution in [2.45, 2.75) is 36.7 Å². The van der Waals surface area contributed by atoms with Gasteiger partial charge in [-0.25, -0.2) is 17.6 Å². The summed E-state index contributed by atoms with van der Waals surface area (Å²) in [4.78, 5) is 14.2. The average molecular weight is 470 g/mol. The fourth-order valence-corrected chi connectivity index (χ4v) is 5.01. The molecule has 1 atom stereocenters. The Morgan fingerprint density at radius 1 is 1.21 bits per heavy atom. The van der Waals surface area contributed by atoms with Gasteiger partial charge in [0.05, 0.1) is 16.7 Å². The average Bonchev–Trinajstić information content (AvgIpc) is 3.28. The van der Waals surface area contributed by atoms with Gasteiger partial charge in [0.1, 0.15) is 5.82 Å². The monoisotopic (exact) mass is 469 g/mol. The third-order valence-corrected chi connectivity index (χ3v) is 7.46. The van der Waals surface area contributed by atoms with Crippen molar-refractivity contribution in [3.63, 3.8) is 0 Å². The van der Waals surface area contributed by atoms with Crippen molar-refractivity contribution in [1.29, 1.82) is 0 Å². The molecule has 6 nitrogen and oxygen atoms in total. The lowest BCUT2D eigenvalue weighted by molar-refractivity contribution is 0.215. The minimum Gasteiger partial charge on any atom is -0.321 e. The van der Waals surface area contributed by atoms with Crippen LogP contribution in [0.3, 0.4) is 0 Å². The molecule has 2 aromatic carbocycles. The molecule has 1 unspecified atom stereocenters. The smallest absolute Gasteiger partial charge is 0.321 e. The Balaban J connectivity index is 1.70. The highest BCUT2D eigenvalue weighted by Gasteiger charge is 2.23. The first-order chi connectivity index (χ1) is 15.7. The largest absolute Gasteiger partial charge is 0.322 e. The van der Waals surface area contributed by atoms with Crippen LogP contribution in [0.4, 0.5) is 14.9 Å². The molecule has 8 heteroatoms. The molecule has 1 aliphatic heterocycles. The van der Waals surface area contributed by atoms with Gasteiger partial charge in [-0.1, -0.05) is 43.5 Å². The molecule has 0 radical (unpaired) electrons. The van der Waals surface area contributed by atoms with Crippen molar-refractivity contribution < 1.29 is 17.6 Å². The Morgan fingerprint density at radius 3 is 2.55 bits per heavy atom. The van der Waals surface area contributed by atoms with Crippen molar-refractivity contribution in [2.24, 2.45) is 0 Å². The van der Waals surface area contributed by atoms with E-state index in [-0.39, 0.29) is 22.5 Å². The number of benzene rings is 2. The van der Waals surface area contributed by atoms with E-state index >= 15 is 0 Å². The standard InChI is InChI=1S/C25H28FN3O3S/c1-5-7-18(6-2)17(3)29(4)25(30)28-21-10-12-22(13-11-21)33(31,32)16-20-9-8-19-14-27-15-23(19)24(20)26/h5-13,17,27H,1-2,14-16H2,3-4H3,(H,28,30)/b18-7+. The lowest BCUT2D eigenvalue weighted by atomic mass is 10.1. The summed E-state index contributed by atoms with van der Waals surface area (Å²) in [5, 5.41) is 5.81. The van der Waals surface area contributed by atoms with E-state index < -0.39 is 21.4 Å². The lowest BCUT2D eigenvalue weighted by Gasteiger charge is -2.26. The van der Waals surface area contributed by atoms with E-state index in [0.717, 1.165) is 11.1 Å². The van der Waals surface area contributed by atoms with E-state index in [1.165, 1.54) is 35.2 Å². The SMILES string of the molecule is C=C/C=C(\C=C)C(C)N(C)C(=O)Nc1ccc(S(=O)(=O)Cc2ccc3c(c2F)CNC3)cc1. The molecule has 0 spiro atoms. The minimum atomic E-state index is -3.76. The number of amides is 2. The number of allylic oxidation sites excluding steroid dienone is 2. The van der Waals surface area contributed by atoms with Crippen LogP contribution in [-0.4, -0.2) is 32.4 Å². The van der Waals surface area contributed by atoms with Crippen molar-refractivity contribution in [1.82, 2.24) is 10.2 Å². The zero-order valence-corrected chi connectivity index (χ0v) is 19.6. The van der Waals surface area contributed by atoms with Crippen LogP contribution in [0.25, 0.3) is 0 Å².